The summed E-state index contributed by atoms with van der Waals surface area (Å²) < 4.78 is 26.6. The number of methoxy groups -OCH3 is 3. The summed E-state index contributed by atoms with van der Waals surface area (Å²) in [5.41, 5.74) is 1.28. The van der Waals surface area contributed by atoms with Crippen LogP contribution in [-0.2, 0) is 4.74 Å². The largest absolute Gasteiger partial charge is 0.493 e. The minimum Gasteiger partial charge on any atom is -0.493 e. The van der Waals surface area contributed by atoms with Crippen LogP contribution in [0, 0.1) is 6.92 Å². The lowest BCUT2D eigenvalue weighted by Crippen LogP contribution is -2.14. The predicted molar refractivity (Wildman–Crippen MR) is 93.1 cm³/mol. The minimum absolute atomic E-state index is 0.116. The lowest BCUT2D eigenvalue weighted by atomic mass is 10.1. The van der Waals surface area contributed by atoms with Crippen molar-refractivity contribution in [3.05, 3.63) is 47.5 Å². The average molecular weight is 346 g/mol. The van der Waals surface area contributed by atoms with Gasteiger partial charge in [-0.25, -0.2) is 4.79 Å². The summed E-state index contributed by atoms with van der Waals surface area (Å²) in [6, 6.07) is 10.9. The van der Waals surface area contributed by atoms with Crippen molar-refractivity contribution in [2.75, 3.05) is 34.5 Å². The van der Waals surface area contributed by atoms with Crippen LogP contribution in [0.2, 0.25) is 0 Å². The second-order valence-electron chi connectivity index (χ2n) is 5.13. The van der Waals surface area contributed by atoms with E-state index in [9.17, 15) is 4.79 Å². The number of para-hydroxylation sites is 1. The predicted octanol–water partition coefficient (Wildman–Crippen LogP) is 3.26. The Morgan fingerprint density at radius 1 is 0.840 bits per heavy atom. The maximum Gasteiger partial charge on any atom is 0.342 e. The molecule has 0 atom stereocenters. The number of carbonyl (C=O) groups excluding carboxylic acids is 1. The Morgan fingerprint density at radius 3 is 2.20 bits per heavy atom. The van der Waals surface area contributed by atoms with Gasteiger partial charge in [0.15, 0.2) is 11.5 Å². The zero-order chi connectivity index (χ0) is 18.2. The van der Waals surface area contributed by atoms with E-state index in [1.165, 1.54) is 21.3 Å². The van der Waals surface area contributed by atoms with Crippen molar-refractivity contribution in [1.29, 1.82) is 0 Å². The van der Waals surface area contributed by atoms with Gasteiger partial charge in [-0.2, -0.15) is 0 Å². The zero-order valence-electron chi connectivity index (χ0n) is 14.8. The summed E-state index contributed by atoms with van der Waals surface area (Å²) in [5.74, 6) is 1.33. The molecule has 0 amide bonds. The fraction of sp³-hybridized carbons (Fsp3) is 0.316. The molecule has 25 heavy (non-hydrogen) atoms. The van der Waals surface area contributed by atoms with Crippen molar-refractivity contribution in [3.8, 4) is 23.0 Å². The summed E-state index contributed by atoms with van der Waals surface area (Å²) in [7, 11) is 4.44. The van der Waals surface area contributed by atoms with Crippen molar-refractivity contribution in [2.24, 2.45) is 0 Å². The molecular formula is C19H22O6. The molecule has 0 heterocycles. The van der Waals surface area contributed by atoms with Crippen LogP contribution in [-0.4, -0.2) is 40.5 Å². The van der Waals surface area contributed by atoms with Crippen LogP contribution in [0.15, 0.2) is 36.4 Å². The fourth-order valence-electron chi connectivity index (χ4n) is 2.34. The van der Waals surface area contributed by atoms with Gasteiger partial charge < -0.3 is 23.7 Å². The van der Waals surface area contributed by atoms with E-state index in [1.54, 1.807) is 12.1 Å². The van der Waals surface area contributed by atoms with Gasteiger partial charge in [-0.05, 0) is 30.7 Å². The molecule has 0 aliphatic heterocycles. The van der Waals surface area contributed by atoms with Crippen LogP contribution in [0.25, 0.3) is 0 Å². The van der Waals surface area contributed by atoms with Gasteiger partial charge in [-0.3, -0.25) is 0 Å². The highest BCUT2D eigenvalue weighted by molar-refractivity contribution is 5.94. The van der Waals surface area contributed by atoms with Gasteiger partial charge in [-0.15, -0.1) is 0 Å². The van der Waals surface area contributed by atoms with Crippen molar-refractivity contribution in [2.45, 2.75) is 6.92 Å². The van der Waals surface area contributed by atoms with Gasteiger partial charge in [-0.1, -0.05) is 18.2 Å². The molecule has 2 rings (SSSR count). The quantitative estimate of drug-likeness (QED) is 0.540. The molecule has 0 spiro atoms. The maximum atomic E-state index is 12.3. The monoisotopic (exact) mass is 346 g/mol. The molecular weight excluding hydrogens is 324 g/mol. The van der Waals surface area contributed by atoms with Gasteiger partial charge in [0, 0.05) is 0 Å². The van der Waals surface area contributed by atoms with E-state index in [0.717, 1.165) is 11.3 Å². The van der Waals surface area contributed by atoms with Gasteiger partial charge in [0.2, 0.25) is 5.75 Å². The summed E-state index contributed by atoms with van der Waals surface area (Å²) >= 11 is 0. The van der Waals surface area contributed by atoms with Crippen molar-refractivity contribution in [3.63, 3.8) is 0 Å². The van der Waals surface area contributed by atoms with Crippen LogP contribution >= 0.6 is 0 Å². The fourth-order valence-corrected chi connectivity index (χ4v) is 2.34. The highest BCUT2D eigenvalue weighted by Gasteiger charge is 2.21. The number of hydrogen-bond acceptors (Lipinski definition) is 6. The van der Waals surface area contributed by atoms with Crippen molar-refractivity contribution < 1.29 is 28.5 Å². The Bertz CT molecular complexity index is 726. The van der Waals surface area contributed by atoms with E-state index in [-0.39, 0.29) is 24.5 Å². The summed E-state index contributed by atoms with van der Waals surface area (Å²) in [4.78, 5) is 12.3. The molecule has 0 radical (unpaired) electrons. The Labute approximate surface area is 147 Å². The molecule has 6 heteroatoms. The molecule has 0 N–H and O–H groups in total. The topological polar surface area (TPSA) is 63.2 Å². The Balaban J connectivity index is 2.00. The summed E-state index contributed by atoms with van der Waals surface area (Å²) in [6.07, 6.45) is 0. The average Bonchev–Trinajstić information content (AvgIpc) is 2.64. The van der Waals surface area contributed by atoms with Crippen LogP contribution < -0.4 is 18.9 Å². The van der Waals surface area contributed by atoms with Crippen LogP contribution in [0.1, 0.15) is 15.9 Å². The number of hydrogen-bond donors (Lipinski definition) is 0. The van der Waals surface area contributed by atoms with Crippen LogP contribution in [0.4, 0.5) is 0 Å². The van der Waals surface area contributed by atoms with Gasteiger partial charge in [0.25, 0.3) is 0 Å². The molecule has 0 bridgehead atoms. The standard InChI is InChI=1S/C19H22O6/c1-13-7-5-6-8-15(13)24-11-12-25-19(20)14-9-10-16(21-2)18(23-4)17(14)22-3/h5-10H,11-12H2,1-4H3. The van der Waals surface area contributed by atoms with Crippen LogP contribution in [0.5, 0.6) is 23.0 Å². The molecule has 0 saturated heterocycles. The Morgan fingerprint density at radius 2 is 1.56 bits per heavy atom. The maximum absolute atomic E-state index is 12.3. The molecule has 0 aliphatic carbocycles. The number of benzene rings is 2. The number of rotatable bonds is 8. The first kappa shape index (κ1) is 18.4. The first-order chi connectivity index (χ1) is 12.1. The van der Waals surface area contributed by atoms with Crippen LogP contribution in [0.3, 0.4) is 0 Å². The van der Waals surface area contributed by atoms with E-state index in [2.05, 4.69) is 0 Å². The Kier molecular flexibility index (Phi) is 6.51. The second kappa shape index (κ2) is 8.82. The summed E-state index contributed by atoms with van der Waals surface area (Å²) in [6.45, 7) is 2.33. The normalized spacial score (nSPS) is 10.1. The third-order valence-corrected chi connectivity index (χ3v) is 3.59. The van der Waals surface area contributed by atoms with E-state index in [4.69, 9.17) is 23.7 Å². The third kappa shape index (κ3) is 4.35. The van der Waals surface area contributed by atoms with E-state index in [0.29, 0.717) is 11.5 Å². The van der Waals surface area contributed by atoms with Crippen molar-refractivity contribution >= 4 is 5.97 Å². The van der Waals surface area contributed by atoms with Gasteiger partial charge >= 0.3 is 5.97 Å². The lowest BCUT2D eigenvalue weighted by Gasteiger charge is -2.15. The smallest absolute Gasteiger partial charge is 0.342 e. The molecule has 0 aromatic heterocycles. The molecule has 2 aromatic rings. The SMILES string of the molecule is COc1ccc(C(=O)OCCOc2ccccc2C)c(OC)c1OC. The first-order valence-corrected chi connectivity index (χ1v) is 7.76. The molecule has 134 valence electrons. The highest BCUT2D eigenvalue weighted by atomic mass is 16.6. The molecule has 0 aliphatic rings. The zero-order valence-corrected chi connectivity index (χ0v) is 14.8. The van der Waals surface area contributed by atoms with Gasteiger partial charge in [0.1, 0.15) is 24.5 Å². The van der Waals surface area contributed by atoms with E-state index in [1.807, 2.05) is 31.2 Å². The van der Waals surface area contributed by atoms with E-state index < -0.39 is 5.97 Å². The van der Waals surface area contributed by atoms with E-state index >= 15 is 0 Å². The molecule has 0 fully saturated rings. The highest BCUT2D eigenvalue weighted by Crippen LogP contribution is 2.39. The van der Waals surface area contributed by atoms with Gasteiger partial charge in [0.05, 0.1) is 21.3 Å². The summed E-state index contributed by atoms with van der Waals surface area (Å²) in [5, 5.41) is 0. The number of ether oxygens (including phenoxy) is 5. The minimum atomic E-state index is -0.522. The van der Waals surface area contributed by atoms with Crippen molar-refractivity contribution in [1.82, 2.24) is 0 Å². The third-order valence-electron chi connectivity index (χ3n) is 3.59. The number of aryl methyl sites for hydroxylation is 1. The second-order valence-corrected chi connectivity index (χ2v) is 5.13. The molecule has 2 aromatic carbocycles. The Hall–Kier alpha value is -2.89. The molecule has 0 unspecified atom stereocenters. The molecule has 6 nitrogen and oxygen atoms in total. The lowest BCUT2D eigenvalue weighted by molar-refractivity contribution is 0.0446. The molecule has 0 saturated carbocycles. The number of carbonyl (C=O) groups is 1. The number of esters is 1. The first-order valence-electron chi connectivity index (χ1n) is 7.76.